The van der Waals surface area contributed by atoms with Crippen LogP contribution in [-0.2, 0) is 0 Å². The van der Waals surface area contributed by atoms with Gasteiger partial charge in [0.05, 0.1) is 0 Å². The molecule has 0 aliphatic rings. The minimum Gasteiger partial charge on any atom is -0.312 e. The van der Waals surface area contributed by atoms with Gasteiger partial charge < -0.3 is 5.32 Å². The van der Waals surface area contributed by atoms with Gasteiger partial charge in [0, 0.05) is 12.1 Å². The van der Waals surface area contributed by atoms with Crippen molar-refractivity contribution in [1.82, 2.24) is 5.32 Å². The van der Waals surface area contributed by atoms with Crippen LogP contribution in [-0.4, -0.2) is 12.1 Å². The first kappa shape index (κ1) is 14.0. The number of rotatable bonds is 5. The molecular formula is C13H29N. The van der Waals surface area contributed by atoms with Crippen LogP contribution in [0.25, 0.3) is 0 Å². The summed E-state index contributed by atoms with van der Waals surface area (Å²) < 4.78 is 0. The fraction of sp³-hybridized carbons (Fsp3) is 1.00. The van der Waals surface area contributed by atoms with Crippen LogP contribution < -0.4 is 5.32 Å². The zero-order valence-electron chi connectivity index (χ0n) is 11.2. The summed E-state index contributed by atoms with van der Waals surface area (Å²) in [6, 6.07) is 0. The summed E-state index contributed by atoms with van der Waals surface area (Å²) in [5.74, 6) is 0.794. The number of hydrogen-bond acceptors (Lipinski definition) is 1. The normalized spacial score (nSPS) is 19.1. The third-order valence-corrected chi connectivity index (χ3v) is 3.63. The van der Waals surface area contributed by atoms with Crippen LogP contribution >= 0.6 is 0 Å². The van der Waals surface area contributed by atoms with E-state index in [4.69, 9.17) is 0 Å². The first-order valence-corrected chi connectivity index (χ1v) is 6.00. The second-order valence-corrected chi connectivity index (χ2v) is 5.92. The summed E-state index contributed by atoms with van der Waals surface area (Å²) in [7, 11) is 0. The highest BCUT2D eigenvalue weighted by molar-refractivity contribution is 4.83. The molecule has 14 heavy (non-hydrogen) atoms. The molecule has 0 fully saturated rings. The first-order valence-electron chi connectivity index (χ1n) is 6.00. The maximum atomic E-state index is 3.63. The highest BCUT2D eigenvalue weighted by Crippen LogP contribution is 2.32. The Bertz CT molecular complexity index is 157. The monoisotopic (exact) mass is 199 g/mol. The second kappa shape index (κ2) is 5.16. The van der Waals surface area contributed by atoms with Crippen molar-refractivity contribution in [2.45, 2.75) is 66.8 Å². The van der Waals surface area contributed by atoms with Gasteiger partial charge in [-0.05, 0) is 38.5 Å². The lowest BCUT2D eigenvalue weighted by Crippen LogP contribution is -2.45. The van der Waals surface area contributed by atoms with Crippen LogP contribution in [0.2, 0.25) is 0 Å². The van der Waals surface area contributed by atoms with Gasteiger partial charge in [-0.1, -0.05) is 34.1 Å². The van der Waals surface area contributed by atoms with E-state index in [9.17, 15) is 0 Å². The Hall–Kier alpha value is -0.0400. The highest BCUT2D eigenvalue weighted by atomic mass is 15.0. The Morgan fingerprint density at radius 1 is 1.07 bits per heavy atom. The Kier molecular flexibility index (Phi) is 5.14. The molecule has 0 amide bonds. The van der Waals surface area contributed by atoms with Gasteiger partial charge in [0.25, 0.3) is 0 Å². The van der Waals surface area contributed by atoms with E-state index in [1.807, 2.05) is 0 Å². The number of nitrogens with one attached hydrogen (secondary N) is 1. The zero-order valence-corrected chi connectivity index (χ0v) is 11.2. The standard InChI is InChI=1S/C13H29N/c1-8-11(3)13(7,9-2)10-14-12(4,5)6/h11,14H,8-10H2,1-7H3. The molecule has 0 aromatic carbocycles. The van der Waals surface area contributed by atoms with Crippen LogP contribution in [0.3, 0.4) is 0 Å². The average Bonchev–Trinajstić information content (AvgIpc) is 2.11. The lowest BCUT2D eigenvalue weighted by Gasteiger charge is -2.37. The number of hydrogen-bond donors (Lipinski definition) is 1. The summed E-state index contributed by atoms with van der Waals surface area (Å²) in [5, 5.41) is 3.63. The van der Waals surface area contributed by atoms with E-state index in [1.165, 1.54) is 12.8 Å². The van der Waals surface area contributed by atoms with Crippen molar-refractivity contribution in [2.75, 3.05) is 6.54 Å². The van der Waals surface area contributed by atoms with E-state index in [1.54, 1.807) is 0 Å². The summed E-state index contributed by atoms with van der Waals surface area (Å²) in [5.41, 5.74) is 0.686. The van der Waals surface area contributed by atoms with E-state index in [0.29, 0.717) is 5.41 Å². The van der Waals surface area contributed by atoms with Crippen molar-refractivity contribution < 1.29 is 0 Å². The van der Waals surface area contributed by atoms with Gasteiger partial charge in [-0.3, -0.25) is 0 Å². The predicted molar refractivity (Wildman–Crippen MR) is 65.6 cm³/mol. The Morgan fingerprint density at radius 2 is 1.57 bits per heavy atom. The Labute approximate surface area is 90.7 Å². The molecular weight excluding hydrogens is 170 g/mol. The van der Waals surface area contributed by atoms with Gasteiger partial charge in [-0.15, -0.1) is 0 Å². The van der Waals surface area contributed by atoms with E-state index in [0.717, 1.165) is 12.5 Å². The molecule has 0 saturated carbocycles. The maximum Gasteiger partial charge on any atom is 0.00967 e. The van der Waals surface area contributed by atoms with E-state index in [2.05, 4.69) is 53.8 Å². The zero-order chi connectivity index (χ0) is 11.4. The summed E-state index contributed by atoms with van der Waals surface area (Å²) in [6.45, 7) is 17.2. The predicted octanol–water partition coefficient (Wildman–Crippen LogP) is 3.84. The molecule has 1 nitrogen and oxygen atoms in total. The Morgan fingerprint density at radius 3 is 1.86 bits per heavy atom. The minimum absolute atomic E-state index is 0.240. The second-order valence-electron chi connectivity index (χ2n) is 5.92. The van der Waals surface area contributed by atoms with Crippen LogP contribution in [0, 0.1) is 11.3 Å². The Balaban J connectivity index is 4.26. The third-order valence-electron chi connectivity index (χ3n) is 3.63. The van der Waals surface area contributed by atoms with E-state index >= 15 is 0 Å². The molecule has 1 heteroatoms. The molecule has 0 radical (unpaired) electrons. The molecule has 1 N–H and O–H groups in total. The van der Waals surface area contributed by atoms with Crippen LogP contribution in [0.1, 0.15) is 61.3 Å². The van der Waals surface area contributed by atoms with E-state index < -0.39 is 0 Å². The summed E-state index contributed by atoms with van der Waals surface area (Å²) in [4.78, 5) is 0. The lowest BCUT2D eigenvalue weighted by molar-refractivity contribution is 0.164. The molecule has 0 aliphatic carbocycles. The molecule has 2 atom stereocenters. The van der Waals surface area contributed by atoms with Gasteiger partial charge in [0.1, 0.15) is 0 Å². The van der Waals surface area contributed by atoms with Crippen LogP contribution in [0.5, 0.6) is 0 Å². The summed E-state index contributed by atoms with van der Waals surface area (Å²) in [6.07, 6.45) is 2.53. The van der Waals surface area contributed by atoms with Crippen molar-refractivity contribution in [3.8, 4) is 0 Å². The molecule has 86 valence electrons. The molecule has 0 aromatic rings. The van der Waals surface area contributed by atoms with Crippen molar-refractivity contribution in [3.05, 3.63) is 0 Å². The lowest BCUT2D eigenvalue weighted by atomic mass is 9.74. The average molecular weight is 199 g/mol. The molecule has 0 spiro atoms. The largest absolute Gasteiger partial charge is 0.312 e. The van der Waals surface area contributed by atoms with Gasteiger partial charge in [0.15, 0.2) is 0 Å². The van der Waals surface area contributed by atoms with Gasteiger partial charge in [-0.2, -0.15) is 0 Å². The van der Waals surface area contributed by atoms with Gasteiger partial charge in [-0.25, -0.2) is 0 Å². The third kappa shape index (κ3) is 4.45. The van der Waals surface area contributed by atoms with Crippen LogP contribution in [0.4, 0.5) is 0 Å². The van der Waals surface area contributed by atoms with Crippen molar-refractivity contribution >= 4 is 0 Å². The van der Waals surface area contributed by atoms with Crippen LogP contribution in [0.15, 0.2) is 0 Å². The quantitative estimate of drug-likeness (QED) is 0.709. The molecule has 0 heterocycles. The van der Waals surface area contributed by atoms with E-state index in [-0.39, 0.29) is 5.54 Å². The smallest absolute Gasteiger partial charge is 0.00967 e. The minimum atomic E-state index is 0.240. The van der Waals surface area contributed by atoms with Crippen molar-refractivity contribution in [3.63, 3.8) is 0 Å². The fourth-order valence-corrected chi connectivity index (χ4v) is 1.61. The molecule has 0 saturated heterocycles. The van der Waals surface area contributed by atoms with Crippen molar-refractivity contribution in [2.24, 2.45) is 11.3 Å². The highest BCUT2D eigenvalue weighted by Gasteiger charge is 2.29. The molecule has 0 bridgehead atoms. The molecule has 0 rings (SSSR count). The molecule has 0 aromatic heterocycles. The molecule has 0 aliphatic heterocycles. The topological polar surface area (TPSA) is 12.0 Å². The first-order chi connectivity index (χ1) is 6.25. The van der Waals surface area contributed by atoms with Gasteiger partial charge >= 0.3 is 0 Å². The van der Waals surface area contributed by atoms with Crippen molar-refractivity contribution in [1.29, 1.82) is 0 Å². The molecule has 2 unspecified atom stereocenters. The summed E-state index contributed by atoms with van der Waals surface area (Å²) >= 11 is 0. The fourth-order valence-electron chi connectivity index (χ4n) is 1.61. The maximum absolute atomic E-state index is 3.63. The van der Waals surface area contributed by atoms with Gasteiger partial charge in [0.2, 0.25) is 0 Å². The SMILES string of the molecule is CCC(C)C(C)(CC)CNC(C)(C)C.